The molecule has 3 aliphatic carbocycles. The van der Waals surface area contributed by atoms with Gasteiger partial charge in [0.25, 0.3) is 5.91 Å². The van der Waals surface area contributed by atoms with Crippen LogP contribution in [0.5, 0.6) is 0 Å². The summed E-state index contributed by atoms with van der Waals surface area (Å²) in [6.45, 7) is 2.78. The molecule has 0 aromatic heterocycles. The van der Waals surface area contributed by atoms with Crippen molar-refractivity contribution in [3.05, 3.63) is 29.8 Å². The van der Waals surface area contributed by atoms with Crippen molar-refractivity contribution < 1.29 is 13.2 Å². The minimum atomic E-state index is -3.55. The Labute approximate surface area is 162 Å². The molecule has 27 heavy (non-hydrogen) atoms. The number of hydrogen-bond acceptors (Lipinski definition) is 3. The fourth-order valence-electron chi connectivity index (χ4n) is 4.08. The number of sulfonamides is 1. The van der Waals surface area contributed by atoms with Crippen molar-refractivity contribution in [3.8, 4) is 0 Å². The third-order valence-electron chi connectivity index (χ3n) is 6.20. The SMILES string of the molecule is CC1CCC(N(C(=O)c2cccc(S(=O)(=O)NCC3CC3)c2)C2CC2)CC1. The Morgan fingerprint density at radius 2 is 1.67 bits per heavy atom. The molecule has 148 valence electrons. The first-order valence-electron chi connectivity index (χ1n) is 10.4. The molecule has 0 bridgehead atoms. The lowest BCUT2D eigenvalue weighted by atomic mass is 9.86. The number of rotatable bonds is 7. The van der Waals surface area contributed by atoms with Gasteiger partial charge in [0.05, 0.1) is 4.90 Å². The van der Waals surface area contributed by atoms with E-state index >= 15 is 0 Å². The molecular weight excluding hydrogens is 360 g/mol. The molecule has 3 saturated carbocycles. The predicted octanol–water partition coefficient (Wildman–Crippen LogP) is 3.56. The second kappa shape index (κ2) is 7.55. The van der Waals surface area contributed by atoms with Crippen LogP contribution >= 0.6 is 0 Å². The van der Waals surface area contributed by atoms with Gasteiger partial charge in [-0.2, -0.15) is 0 Å². The van der Waals surface area contributed by atoms with Crippen LogP contribution in [-0.2, 0) is 10.0 Å². The highest BCUT2D eigenvalue weighted by Crippen LogP contribution is 2.36. The molecule has 1 amide bonds. The lowest BCUT2D eigenvalue weighted by Crippen LogP contribution is -2.43. The summed E-state index contributed by atoms with van der Waals surface area (Å²) in [7, 11) is -3.55. The van der Waals surface area contributed by atoms with Crippen molar-refractivity contribution in [2.75, 3.05) is 6.54 Å². The van der Waals surface area contributed by atoms with Gasteiger partial charge in [-0.3, -0.25) is 4.79 Å². The van der Waals surface area contributed by atoms with Crippen molar-refractivity contribution in [1.82, 2.24) is 9.62 Å². The van der Waals surface area contributed by atoms with Crippen LogP contribution in [0.15, 0.2) is 29.2 Å². The summed E-state index contributed by atoms with van der Waals surface area (Å²) in [5.74, 6) is 1.21. The number of amides is 1. The van der Waals surface area contributed by atoms with Gasteiger partial charge in [0.15, 0.2) is 0 Å². The third-order valence-corrected chi connectivity index (χ3v) is 7.63. The van der Waals surface area contributed by atoms with Crippen LogP contribution < -0.4 is 4.72 Å². The zero-order valence-corrected chi connectivity index (χ0v) is 16.9. The molecule has 0 unspecified atom stereocenters. The standard InChI is InChI=1S/C21H30N2O3S/c1-15-5-9-18(10-6-15)23(19-11-12-19)21(24)17-3-2-4-20(13-17)27(25,26)22-14-16-7-8-16/h2-4,13,15-16,18-19,22H,5-12,14H2,1H3. The van der Waals surface area contributed by atoms with Crippen LogP contribution in [0.1, 0.15) is 68.6 Å². The summed E-state index contributed by atoms with van der Waals surface area (Å²) in [6, 6.07) is 7.21. The Kier molecular flexibility index (Phi) is 5.30. The molecule has 1 aromatic rings. The molecular formula is C21H30N2O3S. The number of hydrogen-bond donors (Lipinski definition) is 1. The number of nitrogens with zero attached hydrogens (tertiary/aromatic N) is 1. The Morgan fingerprint density at radius 1 is 1.04 bits per heavy atom. The van der Waals surface area contributed by atoms with Gasteiger partial charge in [0, 0.05) is 24.2 Å². The minimum absolute atomic E-state index is 0.00343. The fraction of sp³-hybridized carbons (Fsp3) is 0.667. The molecule has 1 N–H and O–H groups in total. The number of nitrogens with one attached hydrogen (secondary N) is 1. The lowest BCUT2D eigenvalue weighted by Gasteiger charge is -2.36. The van der Waals surface area contributed by atoms with Gasteiger partial charge in [0.2, 0.25) is 10.0 Å². The third kappa shape index (κ3) is 4.54. The summed E-state index contributed by atoms with van der Waals surface area (Å²) < 4.78 is 27.8. The lowest BCUT2D eigenvalue weighted by molar-refractivity contribution is 0.0593. The smallest absolute Gasteiger partial charge is 0.254 e. The normalized spacial score (nSPS) is 26.0. The van der Waals surface area contributed by atoms with E-state index in [2.05, 4.69) is 16.5 Å². The van der Waals surface area contributed by atoms with Gasteiger partial charge in [-0.15, -0.1) is 0 Å². The van der Waals surface area contributed by atoms with Crippen molar-refractivity contribution >= 4 is 15.9 Å². The fourth-order valence-corrected chi connectivity index (χ4v) is 5.24. The van der Waals surface area contributed by atoms with E-state index in [1.807, 2.05) is 0 Å². The second-order valence-corrected chi connectivity index (χ2v) is 10.4. The highest BCUT2D eigenvalue weighted by molar-refractivity contribution is 7.89. The van der Waals surface area contributed by atoms with E-state index in [9.17, 15) is 13.2 Å². The molecule has 0 saturated heterocycles. The molecule has 0 aliphatic heterocycles. The predicted molar refractivity (Wildman–Crippen MR) is 105 cm³/mol. The second-order valence-electron chi connectivity index (χ2n) is 8.68. The topological polar surface area (TPSA) is 66.5 Å². The van der Waals surface area contributed by atoms with Crippen molar-refractivity contribution in [3.63, 3.8) is 0 Å². The van der Waals surface area contributed by atoms with E-state index in [1.54, 1.807) is 24.3 Å². The molecule has 3 aliphatic rings. The van der Waals surface area contributed by atoms with Gasteiger partial charge < -0.3 is 4.90 Å². The molecule has 1 aromatic carbocycles. The largest absolute Gasteiger partial charge is 0.333 e. The molecule has 4 rings (SSSR count). The van der Waals surface area contributed by atoms with Crippen molar-refractivity contribution in [2.24, 2.45) is 11.8 Å². The van der Waals surface area contributed by atoms with E-state index < -0.39 is 10.0 Å². The highest BCUT2D eigenvalue weighted by atomic mass is 32.2. The number of benzene rings is 1. The van der Waals surface area contributed by atoms with Gasteiger partial charge in [-0.1, -0.05) is 13.0 Å². The number of carbonyl (C=O) groups is 1. The average molecular weight is 391 g/mol. The van der Waals surface area contributed by atoms with E-state index in [0.29, 0.717) is 30.1 Å². The molecule has 0 spiro atoms. The maximum Gasteiger partial charge on any atom is 0.254 e. The zero-order chi connectivity index (χ0) is 19.0. The van der Waals surface area contributed by atoms with Crippen molar-refractivity contribution in [1.29, 1.82) is 0 Å². The zero-order valence-electron chi connectivity index (χ0n) is 16.1. The first-order valence-corrected chi connectivity index (χ1v) is 11.8. The van der Waals surface area contributed by atoms with E-state index in [0.717, 1.165) is 44.4 Å². The molecule has 6 heteroatoms. The van der Waals surface area contributed by atoms with Crippen LogP contribution in [0.4, 0.5) is 0 Å². The molecule has 0 atom stereocenters. The summed E-state index contributed by atoms with van der Waals surface area (Å²) in [6.07, 6.45) is 8.78. The average Bonchev–Trinajstić information content (AvgIpc) is 3.56. The summed E-state index contributed by atoms with van der Waals surface area (Å²) in [5.41, 5.74) is 0.495. The van der Waals surface area contributed by atoms with Crippen LogP contribution in [0.2, 0.25) is 0 Å². The Hall–Kier alpha value is -1.40. The number of carbonyl (C=O) groups excluding carboxylic acids is 1. The van der Waals surface area contributed by atoms with Crippen LogP contribution in [0.3, 0.4) is 0 Å². The first-order chi connectivity index (χ1) is 12.9. The molecule has 0 radical (unpaired) electrons. The minimum Gasteiger partial charge on any atom is -0.333 e. The Morgan fingerprint density at radius 3 is 2.26 bits per heavy atom. The highest BCUT2D eigenvalue weighted by Gasteiger charge is 2.39. The summed E-state index contributed by atoms with van der Waals surface area (Å²) >= 11 is 0. The molecule has 0 heterocycles. The van der Waals surface area contributed by atoms with Crippen LogP contribution in [0.25, 0.3) is 0 Å². The van der Waals surface area contributed by atoms with Gasteiger partial charge >= 0.3 is 0 Å². The van der Waals surface area contributed by atoms with Crippen LogP contribution in [-0.4, -0.2) is 37.9 Å². The Balaban J connectivity index is 1.51. The first kappa shape index (κ1) is 18.9. The monoisotopic (exact) mass is 390 g/mol. The van der Waals surface area contributed by atoms with Crippen LogP contribution in [0, 0.1) is 11.8 Å². The maximum atomic E-state index is 13.3. The van der Waals surface area contributed by atoms with Crippen molar-refractivity contribution in [2.45, 2.75) is 75.3 Å². The quantitative estimate of drug-likeness (QED) is 0.774. The Bertz CT molecular complexity index is 791. The van der Waals surface area contributed by atoms with Gasteiger partial charge in [-0.05, 0) is 81.4 Å². The molecule has 5 nitrogen and oxygen atoms in total. The maximum absolute atomic E-state index is 13.3. The summed E-state index contributed by atoms with van der Waals surface area (Å²) in [5, 5.41) is 0. The molecule has 3 fully saturated rings. The van der Waals surface area contributed by atoms with Gasteiger partial charge in [-0.25, -0.2) is 13.1 Å². The van der Waals surface area contributed by atoms with E-state index in [4.69, 9.17) is 0 Å². The summed E-state index contributed by atoms with van der Waals surface area (Å²) in [4.78, 5) is 15.5. The van der Waals surface area contributed by atoms with E-state index in [-0.39, 0.29) is 10.8 Å². The van der Waals surface area contributed by atoms with Gasteiger partial charge in [0.1, 0.15) is 0 Å². The van der Waals surface area contributed by atoms with E-state index in [1.165, 1.54) is 12.8 Å².